The maximum Gasteiger partial charge on any atom is 0.373 e. The highest BCUT2D eigenvalue weighted by Crippen LogP contribution is 2.11. The smallest absolute Gasteiger partial charge is 0.373 e. The van der Waals surface area contributed by atoms with Gasteiger partial charge in [0, 0.05) is 6.20 Å². The Balaban J connectivity index is 2.61. The highest BCUT2D eigenvalue weighted by molar-refractivity contribution is 6.20. The van der Waals surface area contributed by atoms with Crippen molar-refractivity contribution in [3.8, 4) is 0 Å². The Hall–Kier alpha value is -2.31. The number of imide groups is 1. The van der Waals surface area contributed by atoms with Crippen molar-refractivity contribution in [1.82, 2.24) is 15.3 Å². The minimum absolute atomic E-state index is 0.000000000000000222. The largest absolute Gasteiger partial charge is 0.475 e. The second-order valence-corrected chi connectivity index (χ2v) is 2.54. The number of carbonyl (C=O) groups is 3. The van der Waals surface area contributed by atoms with Crippen molar-refractivity contribution in [1.29, 1.82) is 0 Å². The van der Waals surface area contributed by atoms with Gasteiger partial charge in [0.1, 0.15) is 5.69 Å². The molecule has 14 heavy (non-hydrogen) atoms. The van der Waals surface area contributed by atoms with Crippen molar-refractivity contribution in [2.75, 3.05) is 0 Å². The Morgan fingerprint density at radius 1 is 1.36 bits per heavy atom. The van der Waals surface area contributed by atoms with Crippen LogP contribution in [0.1, 0.15) is 31.5 Å². The zero-order valence-corrected chi connectivity index (χ0v) is 6.64. The van der Waals surface area contributed by atoms with E-state index in [1.807, 2.05) is 5.32 Å². The van der Waals surface area contributed by atoms with E-state index in [9.17, 15) is 14.4 Å². The van der Waals surface area contributed by atoms with Gasteiger partial charge in [0.05, 0.1) is 5.56 Å². The van der Waals surface area contributed by atoms with Crippen molar-refractivity contribution < 1.29 is 19.5 Å². The lowest BCUT2D eigenvalue weighted by Gasteiger charge is -1.94. The molecule has 0 bridgehead atoms. The van der Waals surface area contributed by atoms with Gasteiger partial charge < -0.3 is 5.11 Å². The number of amides is 2. The van der Waals surface area contributed by atoms with E-state index in [2.05, 4.69) is 9.97 Å². The number of carboxylic acids is 1. The average molecular weight is 193 g/mol. The summed E-state index contributed by atoms with van der Waals surface area (Å²) in [7, 11) is 0. The Morgan fingerprint density at radius 2 is 2.07 bits per heavy atom. The van der Waals surface area contributed by atoms with Crippen LogP contribution in [0.4, 0.5) is 0 Å². The number of hydrogen-bond acceptors (Lipinski definition) is 5. The summed E-state index contributed by atoms with van der Waals surface area (Å²) in [6.45, 7) is 0. The number of carboxylic acid groups (broad SMARTS) is 1. The summed E-state index contributed by atoms with van der Waals surface area (Å²) >= 11 is 0. The fraction of sp³-hybridized carbons (Fsp3) is 0. The number of aromatic nitrogens is 2. The lowest BCUT2D eigenvalue weighted by atomic mass is 10.2. The van der Waals surface area contributed by atoms with Gasteiger partial charge in [-0.3, -0.25) is 14.9 Å². The van der Waals surface area contributed by atoms with Gasteiger partial charge in [-0.1, -0.05) is 0 Å². The Bertz CT molecular complexity index is 468. The van der Waals surface area contributed by atoms with Crippen molar-refractivity contribution in [3.05, 3.63) is 23.3 Å². The molecule has 0 radical (unpaired) electrons. The normalized spacial score (nSPS) is 13.7. The fourth-order valence-electron chi connectivity index (χ4n) is 1.05. The number of carbonyl (C=O) groups excluding carboxylic acids is 2. The molecule has 1 aliphatic rings. The maximum atomic E-state index is 11.0. The van der Waals surface area contributed by atoms with Crippen molar-refractivity contribution in [2.24, 2.45) is 0 Å². The molecule has 0 saturated heterocycles. The van der Waals surface area contributed by atoms with Crippen LogP contribution >= 0.6 is 0 Å². The second kappa shape index (κ2) is 2.59. The van der Waals surface area contributed by atoms with Crippen LogP contribution in [0.5, 0.6) is 0 Å². The first kappa shape index (κ1) is 8.30. The van der Waals surface area contributed by atoms with E-state index in [0.29, 0.717) is 0 Å². The number of nitrogens with one attached hydrogen (secondary N) is 1. The number of nitrogens with zero attached hydrogens (tertiary/aromatic N) is 2. The molecule has 0 unspecified atom stereocenters. The molecule has 1 aromatic heterocycles. The Labute approximate surface area is 76.8 Å². The van der Waals surface area contributed by atoms with E-state index in [0.717, 1.165) is 6.20 Å². The fourth-order valence-corrected chi connectivity index (χ4v) is 1.05. The molecule has 2 rings (SSSR count). The molecule has 0 fully saturated rings. The summed E-state index contributed by atoms with van der Waals surface area (Å²) in [4.78, 5) is 39.3. The third kappa shape index (κ3) is 1.03. The first-order valence-corrected chi connectivity index (χ1v) is 3.55. The SMILES string of the molecule is O=C(O)c1ncc2c(n1)C(=O)NC2=O. The van der Waals surface area contributed by atoms with E-state index in [1.165, 1.54) is 0 Å². The number of hydrogen-bond donors (Lipinski definition) is 2. The van der Waals surface area contributed by atoms with Crippen LogP contribution in [0.2, 0.25) is 0 Å². The van der Waals surface area contributed by atoms with Crippen LogP contribution in [-0.4, -0.2) is 32.9 Å². The van der Waals surface area contributed by atoms with E-state index < -0.39 is 23.6 Å². The Kier molecular flexibility index (Phi) is 1.53. The first-order chi connectivity index (χ1) is 6.59. The summed E-state index contributed by atoms with van der Waals surface area (Å²) in [5, 5.41) is 10.5. The molecule has 0 aromatic carbocycles. The summed E-state index contributed by atoms with van der Waals surface area (Å²) < 4.78 is 0. The molecule has 0 aliphatic carbocycles. The van der Waals surface area contributed by atoms with Gasteiger partial charge >= 0.3 is 5.97 Å². The number of fused-ring (bicyclic) bond motifs is 1. The molecular weight excluding hydrogens is 190 g/mol. The third-order valence-corrected chi connectivity index (χ3v) is 1.67. The van der Waals surface area contributed by atoms with Gasteiger partial charge in [-0.15, -0.1) is 0 Å². The third-order valence-electron chi connectivity index (χ3n) is 1.67. The van der Waals surface area contributed by atoms with Crippen LogP contribution in [0, 0.1) is 0 Å². The summed E-state index contributed by atoms with van der Waals surface area (Å²) in [6.07, 6.45) is 1.02. The van der Waals surface area contributed by atoms with E-state index in [-0.39, 0.29) is 11.3 Å². The maximum absolute atomic E-state index is 11.0. The van der Waals surface area contributed by atoms with Gasteiger partial charge in [-0.2, -0.15) is 0 Å². The van der Waals surface area contributed by atoms with Crippen molar-refractivity contribution >= 4 is 17.8 Å². The molecule has 1 aliphatic heterocycles. The van der Waals surface area contributed by atoms with Crippen LogP contribution in [0.15, 0.2) is 6.20 Å². The monoisotopic (exact) mass is 193 g/mol. The van der Waals surface area contributed by atoms with Gasteiger partial charge in [-0.05, 0) is 0 Å². The Morgan fingerprint density at radius 3 is 2.71 bits per heavy atom. The molecule has 1 aromatic rings. The zero-order valence-electron chi connectivity index (χ0n) is 6.64. The number of aromatic carboxylic acids is 1. The van der Waals surface area contributed by atoms with Gasteiger partial charge in [0.2, 0.25) is 5.82 Å². The standard InChI is InChI=1S/C7H3N3O4/c11-5-2-1-8-4(7(13)14)9-3(2)6(12)10-5/h1H,(H,13,14)(H,10,11,12). The predicted octanol–water partition coefficient (Wildman–Crippen LogP) is -0.942. The minimum Gasteiger partial charge on any atom is -0.475 e. The predicted molar refractivity (Wildman–Crippen MR) is 40.8 cm³/mol. The highest BCUT2D eigenvalue weighted by atomic mass is 16.4. The molecule has 70 valence electrons. The molecule has 0 saturated carbocycles. The summed E-state index contributed by atoms with van der Waals surface area (Å²) in [5.74, 6) is -3.16. The topological polar surface area (TPSA) is 109 Å². The van der Waals surface area contributed by atoms with Gasteiger partial charge in [0.25, 0.3) is 11.8 Å². The zero-order chi connectivity index (χ0) is 10.3. The molecule has 2 N–H and O–H groups in total. The lowest BCUT2D eigenvalue weighted by Crippen LogP contribution is -2.20. The highest BCUT2D eigenvalue weighted by Gasteiger charge is 2.29. The number of rotatable bonds is 1. The molecule has 7 nitrogen and oxygen atoms in total. The van der Waals surface area contributed by atoms with Gasteiger partial charge in [-0.25, -0.2) is 14.8 Å². The van der Waals surface area contributed by atoms with Gasteiger partial charge in [0.15, 0.2) is 0 Å². The minimum atomic E-state index is -1.35. The van der Waals surface area contributed by atoms with E-state index >= 15 is 0 Å². The molecule has 2 heterocycles. The lowest BCUT2D eigenvalue weighted by molar-refractivity contribution is 0.0682. The molecular formula is C7H3N3O4. The van der Waals surface area contributed by atoms with Crippen LogP contribution in [-0.2, 0) is 0 Å². The average Bonchev–Trinajstić information content (AvgIpc) is 2.42. The van der Waals surface area contributed by atoms with Crippen molar-refractivity contribution in [3.63, 3.8) is 0 Å². The van der Waals surface area contributed by atoms with Crippen LogP contribution in [0.25, 0.3) is 0 Å². The first-order valence-electron chi connectivity index (χ1n) is 3.55. The van der Waals surface area contributed by atoms with Crippen LogP contribution < -0.4 is 5.32 Å². The molecule has 7 heteroatoms. The van der Waals surface area contributed by atoms with E-state index in [1.54, 1.807) is 0 Å². The van der Waals surface area contributed by atoms with E-state index in [4.69, 9.17) is 5.11 Å². The summed E-state index contributed by atoms with van der Waals surface area (Å²) in [6, 6.07) is 0. The molecule has 0 spiro atoms. The molecule has 0 atom stereocenters. The quantitative estimate of drug-likeness (QED) is 0.557. The van der Waals surface area contributed by atoms with Crippen LogP contribution in [0.3, 0.4) is 0 Å². The second-order valence-electron chi connectivity index (χ2n) is 2.54. The molecule has 2 amide bonds. The summed E-state index contributed by atoms with van der Waals surface area (Å²) in [5.41, 5.74) is -0.192. The van der Waals surface area contributed by atoms with Crippen molar-refractivity contribution in [2.45, 2.75) is 0 Å².